The number of aromatic nitrogens is 2. The molecule has 1 saturated heterocycles. The van der Waals surface area contributed by atoms with Gasteiger partial charge in [-0.05, 0) is 62.4 Å². The highest BCUT2D eigenvalue weighted by molar-refractivity contribution is 7.89. The molecule has 0 saturated carbocycles. The molecule has 3 aromatic rings. The van der Waals surface area contributed by atoms with Gasteiger partial charge in [-0.25, -0.2) is 13.1 Å². The molecule has 2 aromatic carbocycles. The molecule has 2 heterocycles. The number of nitrogens with one attached hydrogen (secondary N) is 1. The standard InChI is InChI=1S/C26H30N4O4S/c1-34-23-15-14-19(18-24(23)35(32,33)29-16-7-2-3-8-17-29)26(31)27-25-21-12-9-13-22(21)28-30(25)20-10-5-4-6-11-20/h4-6,10-11,14-15,18H,2-3,7-9,12-13,16-17H2,1H3,(H,27,31). The van der Waals surface area contributed by atoms with Gasteiger partial charge < -0.3 is 10.1 Å². The third-order valence-electron chi connectivity index (χ3n) is 6.75. The van der Waals surface area contributed by atoms with Crippen LogP contribution in [0.1, 0.15) is 53.7 Å². The normalized spacial score (nSPS) is 16.5. The van der Waals surface area contributed by atoms with Crippen molar-refractivity contribution in [3.05, 3.63) is 65.4 Å². The molecule has 1 N–H and O–H groups in total. The second-order valence-corrected chi connectivity index (χ2v) is 10.9. The van der Waals surface area contributed by atoms with Gasteiger partial charge in [0.1, 0.15) is 16.5 Å². The molecule has 35 heavy (non-hydrogen) atoms. The average molecular weight is 495 g/mol. The van der Waals surface area contributed by atoms with Gasteiger partial charge in [0, 0.05) is 24.2 Å². The van der Waals surface area contributed by atoms with Gasteiger partial charge in [-0.2, -0.15) is 9.40 Å². The van der Waals surface area contributed by atoms with Gasteiger partial charge in [0.25, 0.3) is 5.91 Å². The highest BCUT2D eigenvalue weighted by Crippen LogP contribution is 2.33. The maximum atomic E-state index is 13.5. The predicted octanol–water partition coefficient (Wildman–Crippen LogP) is 4.19. The van der Waals surface area contributed by atoms with Crippen LogP contribution in [0.4, 0.5) is 5.82 Å². The Morgan fingerprint density at radius 3 is 2.43 bits per heavy atom. The smallest absolute Gasteiger partial charge is 0.256 e. The van der Waals surface area contributed by atoms with Crippen LogP contribution in [0, 0.1) is 0 Å². The summed E-state index contributed by atoms with van der Waals surface area (Å²) in [6.07, 6.45) is 6.41. The van der Waals surface area contributed by atoms with Gasteiger partial charge in [-0.1, -0.05) is 31.0 Å². The van der Waals surface area contributed by atoms with E-state index in [0.29, 0.717) is 18.9 Å². The summed E-state index contributed by atoms with van der Waals surface area (Å²) < 4.78 is 35.7. The molecule has 0 radical (unpaired) electrons. The molecule has 8 nitrogen and oxygen atoms in total. The monoisotopic (exact) mass is 494 g/mol. The molecule has 184 valence electrons. The third kappa shape index (κ3) is 4.58. The quantitative estimate of drug-likeness (QED) is 0.555. The van der Waals surface area contributed by atoms with Gasteiger partial charge in [0.15, 0.2) is 0 Å². The van der Waals surface area contributed by atoms with Crippen LogP contribution in [-0.4, -0.2) is 48.6 Å². The number of ether oxygens (including phenoxy) is 1. The molecular formula is C26H30N4O4S. The molecule has 1 aromatic heterocycles. The Labute approximate surface area is 206 Å². The second kappa shape index (κ2) is 9.83. The van der Waals surface area contributed by atoms with Gasteiger partial charge in [0.2, 0.25) is 10.0 Å². The molecule has 0 bridgehead atoms. The number of hydrogen-bond acceptors (Lipinski definition) is 5. The Morgan fingerprint density at radius 2 is 1.71 bits per heavy atom. The lowest BCUT2D eigenvalue weighted by atomic mass is 10.2. The number of carbonyl (C=O) groups is 1. The van der Waals surface area contributed by atoms with Gasteiger partial charge in [-0.15, -0.1) is 0 Å². The van der Waals surface area contributed by atoms with Crippen molar-refractivity contribution >= 4 is 21.7 Å². The van der Waals surface area contributed by atoms with E-state index in [0.717, 1.165) is 61.9 Å². The van der Waals surface area contributed by atoms with Crippen LogP contribution < -0.4 is 10.1 Å². The number of nitrogens with zero attached hydrogens (tertiary/aromatic N) is 3. The highest BCUT2D eigenvalue weighted by Gasteiger charge is 2.30. The lowest BCUT2D eigenvalue weighted by Gasteiger charge is -2.21. The predicted molar refractivity (Wildman–Crippen MR) is 134 cm³/mol. The third-order valence-corrected chi connectivity index (χ3v) is 8.67. The zero-order chi connectivity index (χ0) is 24.4. The van der Waals surface area contributed by atoms with Gasteiger partial charge in [0.05, 0.1) is 18.5 Å². The summed E-state index contributed by atoms with van der Waals surface area (Å²) in [4.78, 5) is 13.4. The van der Waals surface area contributed by atoms with Crippen LogP contribution >= 0.6 is 0 Å². The number of hydrogen-bond donors (Lipinski definition) is 1. The fraction of sp³-hybridized carbons (Fsp3) is 0.385. The first-order valence-corrected chi connectivity index (χ1v) is 13.6. The van der Waals surface area contributed by atoms with Crippen LogP contribution in [0.25, 0.3) is 5.69 Å². The molecule has 0 atom stereocenters. The fourth-order valence-electron chi connectivity index (χ4n) is 4.90. The van der Waals surface area contributed by atoms with E-state index in [1.807, 2.05) is 30.3 Å². The van der Waals surface area contributed by atoms with E-state index in [1.165, 1.54) is 17.5 Å². The highest BCUT2D eigenvalue weighted by atomic mass is 32.2. The topological polar surface area (TPSA) is 93.5 Å². The number of rotatable bonds is 6. The minimum Gasteiger partial charge on any atom is -0.495 e. The Morgan fingerprint density at radius 1 is 0.971 bits per heavy atom. The minimum absolute atomic E-state index is 0.0244. The number of methoxy groups -OCH3 is 1. The zero-order valence-electron chi connectivity index (χ0n) is 19.9. The van der Waals surface area contributed by atoms with Crippen LogP contribution in [0.15, 0.2) is 53.4 Å². The van der Waals surface area contributed by atoms with Crippen molar-refractivity contribution in [2.75, 3.05) is 25.5 Å². The van der Waals surface area contributed by atoms with E-state index in [4.69, 9.17) is 9.84 Å². The number of para-hydroxylation sites is 1. The summed E-state index contributed by atoms with van der Waals surface area (Å²) in [5.41, 5.74) is 3.14. The second-order valence-electron chi connectivity index (χ2n) is 9.01. The molecular weight excluding hydrogens is 464 g/mol. The molecule has 5 rings (SSSR count). The Bertz CT molecular complexity index is 1330. The van der Waals surface area contributed by atoms with Crippen molar-refractivity contribution < 1.29 is 17.9 Å². The summed E-state index contributed by atoms with van der Waals surface area (Å²) in [6.45, 7) is 0.953. The fourth-order valence-corrected chi connectivity index (χ4v) is 6.60. The summed E-state index contributed by atoms with van der Waals surface area (Å²) >= 11 is 0. The van der Waals surface area contributed by atoms with Crippen LogP contribution in [0.2, 0.25) is 0 Å². The van der Waals surface area contributed by atoms with E-state index >= 15 is 0 Å². The van der Waals surface area contributed by atoms with Crippen LogP contribution in [-0.2, 0) is 22.9 Å². The first-order valence-electron chi connectivity index (χ1n) is 12.1. The van der Waals surface area contributed by atoms with Gasteiger partial charge >= 0.3 is 0 Å². The number of amides is 1. The maximum absolute atomic E-state index is 13.5. The van der Waals surface area contributed by atoms with Crippen molar-refractivity contribution in [3.63, 3.8) is 0 Å². The van der Waals surface area contributed by atoms with Crippen molar-refractivity contribution in [2.24, 2.45) is 0 Å². The van der Waals surface area contributed by atoms with Crippen molar-refractivity contribution in [3.8, 4) is 11.4 Å². The Balaban J connectivity index is 1.49. The van der Waals surface area contributed by atoms with E-state index in [9.17, 15) is 13.2 Å². The minimum atomic E-state index is -3.80. The first kappa shape index (κ1) is 23.6. The van der Waals surface area contributed by atoms with E-state index in [2.05, 4.69) is 5.32 Å². The SMILES string of the molecule is COc1ccc(C(=O)Nc2c3c(nn2-c2ccccc2)CCC3)cc1S(=O)(=O)N1CCCCCC1. The lowest BCUT2D eigenvalue weighted by Crippen LogP contribution is -2.32. The molecule has 1 aliphatic heterocycles. The van der Waals surface area contributed by atoms with E-state index in [1.54, 1.807) is 16.8 Å². The average Bonchev–Trinajstić information content (AvgIpc) is 3.35. The number of benzene rings is 2. The zero-order valence-corrected chi connectivity index (χ0v) is 20.7. The molecule has 2 aliphatic rings. The number of carbonyl (C=O) groups excluding carboxylic acids is 1. The number of anilines is 1. The Kier molecular flexibility index (Phi) is 6.62. The molecule has 0 unspecified atom stereocenters. The van der Waals surface area contributed by atoms with Gasteiger partial charge in [-0.3, -0.25) is 4.79 Å². The largest absolute Gasteiger partial charge is 0.495 e. The molecule has 1 fully saturated rings. The van der Waals surface area contributed by atoms with E-state index < -0.39 is 10.0 Å². The molecule has 0 spiro atoms. The summed E-state index contributed by atoms with van der Waals surface area (Å²) in [5, 5.41) is 7.76. The number of fused-ring (bicyclic) bond motifs is 1. The Hall–Kier alpha value is -3.17. The molecule has 1 aliphatic carbocycles. The lowest BCUT2D eigenvalue weighted by molar-refractivity contribution is 0.102. The summed E-state index contributed by atoms with van der Waals surface area (Å²) in [7, 11) is -2.35. The first-order chi connectivity index (χ1) is 17.0. The number of aryl methyl sites for hydroxylation is 1. The molecule has 1 amide bonds. The van der Waals surface area contributed by atoms with Crippen molar-refractivity contribution in [2.45, 2.75) is 49.8 Å². The van der Waals surface area contributed by atoms with Crippen LogP contribution in [0.5, 0.6) is 5.75 Å². The van der Waals surface area contributed by atoms with Crippen molar-refractivity contribution in [1.29, 1.82) is 0 Å². The summed E-state index contributed by atoms with van der Waals surface area (Å²) in [5.74, 6) is 0.495. The summed E-state index contributed by atoms with van der Waals surface area (Å²) in [6, 6.07) is 14.3. The van der Waals surface area contributed by atoms with Crippen molar-refractivity contribution in [1.82, 2.24) is 14.1 Å². The molecule has 9 heteroatoms. The van der Waals surface area contributed by atoms with Crippen LogP contribution in [0.3, 0.4) is 0 Å². The maximum Gasteiger partial charge on any atom is 0.256 e. The van der Waals surface area contributed by atoms with E-state index in [-0.39, 0.29) is 22.1 Å². The number of sulfonamides is 1.